The van der Waals surface area contributed by atoms with Gasteiger partial charge in [0, 0.05) is 5.39 Å². The number of carbonyl (C=O) groups excluding carboxylic acids is 1. The number of aromatic nitrogens is 1. The number of rotatable bonds is 1. The third-order valence-electron chi connectivity index (χ3n) is 4.99. The van der Waals surface area contributed by atoms with E-state index in [9.17, 15) is 14.3 Å². The number of methoxy groups -OCH3 is 1. The second-order valence-corrected chi connectivity index (χ2v) is 7.59. The molecule has 0 atom stereocenters. The fraction of sp³-hybridized carbons (Fsp3) is 0.192. The smallest absolute Gasteiger partial charge is 0.354 e. The minimum Gasteiger partial charge on any atom is -0.508 e. The molecule has 1 aromatic heterocycles. The highest BCUT2D eigenvalue weighted by molar-refractivity contribution is 5.97. The van der Waals surface area contributed by atoms with Crippen LogP contribution in [0.5, 0.6) is 17.2 Å². The molecule has 0 aliphatic carbocycles. The molecule has 0 aliphatic rings. The van der Waals surface area contributed by atoms with Crippen LogP contribution >= 0.6 is 0 Å². The number of H-pyrrole nitrogens is 1. The van der Waals surface area contributed by atoms with Gasteiger partial charge in [-0.1, -0.05) is 18.2 Å². The Bertz CT molecular complexity index is 1170. The van der Waals surface area contributed by atoms with Crippen LogP contribution in [-0.2, 0) is 4.74 Å². The number of esters is 1. The van der Waals surface area contributed by atoms with Crippen LogP contribution in [0, 0.1) is 33.5 Å². The van der Waals surface area contributed by atoms with Crippen molar-refractivity contribution in [3.8, 4) is 17.2 Å². The van der Waals surface area contributed by atoms with Gasteiger partial charge in [-0.2, -0.15) is 0 Å². The molecule has 33 heavy (non-hydrogen) atoms. The number of aromatic amines is 1. The second kappa shape index (κ2) is 11.0. The largest absolute Gasteiger partial charge is 0.508 e. The molecule has 0 unspecified atom stereocenters. The van der Waals surface area contributed by atoms with E-state index in [4.69, 9.17) is 10.2 Å². The lowest BCUT2D eigenvalue weighted by Crippen LogP contribution is -2.00. The van der Waals surface area contributed by atoms with Crippen LogP contribution in [-0.4, -0.2) is 33.4 Å². The lowest BCUT2D eigenvalue weighted by atomic mass is 10.1. The third kappa shape index (κ3) is 6.74. The van der Waals surface area contributed by atoms with Crippen LogP contribution < -0.4 is 0 Å². The molecule has 1 heterocycles. The fourth-order valence-electron chi connectivity index (χ4n) is 2.90. The number of fused-ring (bicyclic) bond motifs is 1. The molecule has 3 aromatic carbocycles. The van der Waals surface area contributed by atoms with Crippen molar-refractivity contribution >= 4 is 16.9 Å². The molecular formula is C26H28FNO5. The maximum Gasteiger partial charge on any atom is 0.354 e. The minimum absolute atomic E-state index is 0.130. The first kappa shape index (κ1) is 25.3. The first-order chi connectivity index (χ1) is 15.5. The molecule has 0 saturated carbocycles. The Hall–Kier alpha value is -4.00. The Kier molecular flexibility index (Phi) is 8.45. The SMILES string of the molecule is COC(=O)c1cc2c(C)ccc(O)c2[nH]1.Cc1ccc(O)c(F)c1.Cc1ccc(O)cc1C. The van der Waals surface area contributed by atoms with Crippen LogP contribution in [0.15, 0.2) is 54.6 Å². The Morgan fingerprint density at radius 1 is 0.818 bits per heavy atom. The molecule has 0 aliphatic heterocycles. The van der Waals surface area contributed by atoms with E-state index in [2.05, 4.69) is 9.72 Å². The molecule has 0 radical (unpaired) electrons. The zero-order valence-electron chi connectivity index (χ0n) is 19.2. The van der Waals surface area contributed by atoms with Gasteiger partial charge in [0.2, 0.25) is 0 Å². The summed E-state index contributed by atoms with van der Waals surface area (Å²) in [5, 5.41) is 28.0. The summed E-state index contributed by atoms with van der Waals surface area (Å²) in [5.74, 6) is -0.815. The number of aromatic hydroxyl groups is 3. The number of phenolic OH excluding ortho intramolecular Hbond substituents is 3. The molecule has 0 amide bonds. The molecule has 7 heteroatoms. The van der Waals surface area contributed by atoms with E-state index < -0.39 is 11.8 Å². The molecule has 0 bridgehead atoms. The second-order valence-electron chi connectivity index (χ2n) is 7.59. The van der Waals surface area contributed by atoms with Crippen molar-refractivity contribution in [3.63, 3.8) is 0 Å². The molecule has 4 N–H and O–H groups in total. The highest BCUT2D eigenvalue weighted by Crippen LogP contribution is 2.27. The summed E-state index contributed by atoms with van der Waals surface area (Å²) >= 11 is 0. The molecule has 0 saturated heterocycles. The van der Waals surface area contributed by atoms with Crippen molar-refractivity contribution < 1.29 is 29.2 Å². The van der Waals surface area contributed by atoms with Crippen molar-refractivity contribution in [1.29, 1.82) is 0 Å². The number of hydrogen-bond donors (Lipinski definition) is 4. The van der Waals surface area contributed by atoms with Gasteiger partial charge in [-0.25, -0.2) is 9.18 Å². The summed E-state index contributed by atoms with van der Waals surface area (Å²) in [6.07, 6.45) is 0. The lowest BCUT2D eigenvalue weighted by Gasteiger charge is -1.97. The summed E-state index contributed by atoms with van der Waals surface area (Å²) in [5.41, 5.74) is 5.06. The predicted octanol–water partition coefficient (Wildman–Crippen LogP) is 5.82. The fourth-order valence-corrected chi connectivity index (χ4v) is 2.90. The highest BCUT2D eigenvalue weighted by atomic mass is 19.1. The summed E-state index contributed by atoms with van der Waals surface area (Å²) in [4.78, 5) is 14.1. The standard InChI is InChI=1S/C11H11NO3.C8H10O.C7H7FO/c1-6-3-4-9(13)10-7(6)5-8(12-10)11(14)15-2;1-6-3-4-8(9)5-7(6)2;1-5-2-3-7(9)6(8)4-5/h3-5,12-13H,1-2H3;3-5,9H,1-2H3;2-4,9H,1H3. The summed E-state index contributed by atoms with van der Waals surface area (Å²) in [7, 11) is 1.32. The maximum atomic E-state index is 12.3. The van der Waals surface area contributed by atoms with E-state index in [0.29, 0.717) is 17.0 Å². The molecular weight excluding hydrogens is 425 g/mol. The van der Waals surface area contributed by atoms with Gasteiger partial charge < -0.3 is 25.0 Å². The molecule has 6 nitrogen and oxygen atoms in total. The lowest BCUT2D eigenvalue weighted by molar-refractivity contribution is 0.0595. The first-order valence-corrected chi connectivity index (χ1v) is 10.1. The number of hydrogen-bond acceptors (Lipinski definition) is 5. The van der Waals surface area contributed by atoms with Gasteiger partial charge in [0.25, 0.3) is 0 Å². The van der Waals surface area contributed by atoms with Gasteiger partial charge in [-0.15, -0.1) is 0 Å². The van der Waals surface area contributed by atoms with Gasteiger partial charge >= 0.3 is 5.97 Å². The molecule has 0 fully saturated rings. The molecule has 4 rings (SSSR count). The minimum atomic E-state index is -0.560. The van der Waals surface area contributed by atoms with Crippen LogP contribution in [0.2, 0.25) is 0 Å². The summed E-state index contributed by atoms with van der Waals surface area (Å²) in [6, 6.07) is 14.7. The molecule has 4 aromatic rings. The highest BCUT2D eigenvalue weighted by Gasteiger charge is 2.12. The van der Waals surface area contributed by atoms with Gasteiger partial charge in [0.05, 0.1) is 12.6 Å². The van der Waals surface area contributed by atoms with E-state index in [1.807, 2.05) is 26.8 Å². The van der Waals surface area contributed by atoms with Crippen molar-refractivity contribution in [3.05, 3.63) is 88.4 Å². The number of phenols is 3. The van der Waals surface area contributed by atoms with Gasteiger partial charge in [0.1, 0.15) is 17.2 Å². The number of benzene rings is 3. The Morgan fingerprint density at radius 2 is 1.45 bits per heavy atom. The Labute approximate surface area is 191 Å². The molecule has 0 spiro atoms. The molecule has 174 valence electrons. The maximum absolute atomic E-state index is 12.3. The van der Waals surface area contributed by atoms with E-state index in [-0.39, 0.29) is 11.5 Å². The zero-order valence-corrected chi connectivity index (χ0v) is 19.2. The van der Waals surface area contributed by atoms with Crippen molar-refractivity contribution in [2.24, 2.45) is 0 Å². The quantitative estimate of drug-likeness (QED) is 0.272. The monoisotopic (exact) mass is 453 g/mol. The van der Waals surface area contributed by atoms with Gasteiger partial charge in [-0.05, 0) is 86.3 Å². The Morgan fingerprint density at radius 3 is 1.97 bits per heavy atom. The first-order valence-electron chi connectivity index (χ1n) is 10.1. The van der Waals surface area contributed by atoms with Crippen molar-refractivity contribution in [2.75, 3.05) is 7.11 Å². The van der Waals surface area contributed by atoms with Crippen molar-refractivity contribution in [2.45, 2.75) is 27.7 Å². The van der Waals surface area contributed by atoms with Gasteiger partial charge in [0.15, 0.2) is 11.6 Å². The summed E-state index contributed by atoms with van der Waals surface area (Å²) in [6.45, 7) is 7.68. The number of carbonyl (C=O) groups is 1. The number of aryl methyl sites for hydroxylation is 4. The van der Waals surface area contributed by atoms with Crippen LogP contribution in [0.4, 0.5) is 4.39 Å². The van der Waals surface area contributed by atoms with Crippen molar-refractivity contribution in [1.82, 2.24) is 4.98 Å². The normalized spacial score (nSPS) is 10.0. The Balaban J connectivity index is 0.000000186. The average Bonchev–Trinajstić information content (AvgIpc) is 3.24. The topological polar surface area (TPSA) is 103 Å². The predicted molar refractivity (Wildman–Crippen MR) is 126 cm³/mol. The van der Waals surface area contributed by atoms with E-state index in [0.717, 1.165) is 22.1 Å². The number of halogens is 1. The van der Waals surface area contributed by atoms with E-state index >= 15 is 0 Å². The van der Waals surface area contributed by atoms with Crippen LogP contribution in [0.3, 0.4) is 0 Å². The van der Waals surface area contributed by atoms with Gasteiger partial charge in [-0.3, -0.25) is 0 Å². The third-order valence-corrected chi connectivity index (χ3v) is 4.99. The van der Waals surface area contributed by atoms with Crippen LogP contribution in [0.1, 0.15) is 32.7 Å². The summed E-state index contributed by atoms with van der Waals surface area (Å²) < 4.78 is 16.9. The van der Waals surface area contributed by atoms with Crippen LogP contribution in [0.25, 0.3) is 10.9 Å². The van der Waals surface area contributed by atoms with E-state index in [1.54, 1.807) is 43.3 Å². The number of nitrogens with one attached hydrogen (secondary N) is 1. The number of ether oxygens (including phenoxy) is 1. The van der Waals surface area contributed by atoms with E-state index in [1.165, 1.54) is 24.8 Å². The zero-order chi connectivity index (χ0) is 24.7. The average molecular weight is 454 g/mol.